The predicted octanol–water partition coefficient (Wildman–Crippen LogP) is 5.62. The molecule has 194 valence electrons. The number of nitrogens with zero attached hydrogens (tertiary/aromatic N) is 1. The lowest BCUT2D eigenvalue weighted by Crippen LogP contribution is -2.38. The summed E-state index contributed by atoms with van der Waals surface area (Å²) < 4.78 is 29.0. The molecule has 2 N–H and O–H groups in total. The molecule has 0 heterocycles. The van der Waals surface area contributed by atoms with Gasteiger partial charge < -0.3 is 10.6 Å². The molecule has 0 aromatic heterocycles. The average Bonchev–Trinajstić information content (AvgIpc) is 2.93. The van der Waals surface area contributed by atoms with Gasteiger partial charge in [-0.15, -0.1) is 0 Å². The van der Waals surface area contributed by atoms with Gasteiger partial charge in [-0.1, -0.05) is 60.7 Å². The molecule has 9 heteroatoms. The lowest BCUT2D eigenvalue weighted by Gasteiger charge is -2.24. The summed E-state index contributed by atoms with van der Waals surface area (Å²) >= 11 is 2.13. The van der Waals surface area contributed by atoms with Gasteiger partial charge in [-0.05, 0) is 83.6 Å². The molecule has 38 heavy (non-hydrogen) atoms. The molecule has 4 aromatic carbocycles. The molecule has 0 saturated carbocycles. The van der Waals surface area contributed by atoms with Crippen molar-refractivity contribution < 1.29 is 18.0 Å². The molecule has 0 spiro atoms. The summed E-state index contributed by atoms with van der Waals surface area (Å²) in [6.45, 7) is 1.40. The van der Waals surface area contributed by atoms with Crippen LogP contribution < -0.4 is 14.9 Å². The van der Waals surface area contributed by atoms with Crippen molar-refractivity contribution in [2.75, 3.05) is 16.2 Å². The molecular weight excluding hydrogens is 613 g/mol. The number of sulfonamides is 1. The van der Waals surface area contributed by atoms with Gasteiger partial charge in [-0.2, -0.15) is 0 Å². The molecule has 0 aliphatic carbocycles. The molecule has 7 nitrogen and oxygen atoms in total. The fraction of sp³-hybridized carbons (Fsp3) is 0.103. The fourth-order valence-corrected chi connectivity index (χ4v) is 5.65. The minimum absolute atomic E-state index is 0.0704. The van der Waals surface area contributed by atoms with Gasteiger partial charge in [0.15, 0.2) is 0 Å². The van der Waals surface area contributed by atoms with Crippen LogP contribution in [0.3, 0.4) is 0 Å². The number of nitrogens with one attached hydrogen (secondary N) is 2. The second-order valence-electron chi connectivity index (χ2n) is 8.50. The third-order valence-corrected chi connectivity index (χ3v) is 8.33. The first kappa shape index (κ1) is 27.3. The van der Waals surface area contributed by atoms with E-state index in [0.717, 1.165) is 13.4 Å². The monoisotopic (exact) mass is 639 g/mol. The summed E-state index contributed by atoms with van der Waals surface area (Å²) in [6, 6.07) is 30.7. The van der Waals surface area contributed by atoms with Gasteiger partial charge >= 0.3 is 0 Å². The molecule has 1 atom stereocenters. The van der Waals surface area contributed by atoms with Crippen molar-refractivity contribution in [1.29, 1.82) is 0 Å². The second-order valence-corrected chi connectivity index (χ2v) is 11.6. The number of amides is 2. The van der Waals surface area contributed by atoms with Crippen LogP contribution in [0.25, 0.3) is 0 Å². The van der Waals surface area contributed by atoms with Gasteiger partial charge in [0.2, 0.25) is 5.91 Å². The third kappa shape index (κ3) is 6.59. The Balaban J connectivity index is 1.57. The number of benzene rings is 4. The van der Waals surface area contributed by atoms with E-state index in [1.165, 1.54) is 12.1 Å². The number of halogens is 1. The zero-order valence-corrected chi connectivity index (χ0v) is 23.5. The van der Waals surface area contributed by atoms with Crippen LogP contribution in [-0.4, -0.2) is 26.8 Å². The number of para-hydroxylation sites is 1. The first-order valence-electron chi connectivity index (χ1n) is 11.8. The maximum absolute atomic E-state index is 13.5. The minimum atomic E-state index is -4.04. The maximum Gasteiger partial charge on any atom is 0.264 e. The molecule has 4 aromatic rings. The Labute approximate surface area is 236 Å². The van der Waals surface area contributed by atoms with Crippen LogP contribution in [0, 0.1) is 3.57 Å². The van der Waals surface area contributed by atoms with Crippen molar-refractivity contribution in [1.82, 2.24) is 5.32 Å². The second kappa shape index (κ2) is 12.2. The zero-order chi connectivity index (χ0) is 27.1. The summed E-state index contributed by atoms with van der Waals surface area (Å²) in [7, 11) is -4.04. The molecule has 0 bridgehead atoms. The topological polar surface area (TPSA) is 95.6 Å². The number of carbonyl (C=O) groups excluding carboxylic acids is 2. The van der Waals surface area contributed by atoms with Crippen molar-refractivity contribution in [2.24, 2.45) is 0 Å². The van der Waals surface area contributed by atoms with E-state index in [1.807, 2.05) is 37.3 Å². The van der Waals surface area contributed by atoms with Gasteiger partial charge in [-0.25, -0.2) is 8.42 Å². The van der Waals surface area contributed by atoms with Crippen molar-refractivity contribution in [3.63, 3.8) is 0 Å². The molecule has 4 rings (SSSR count). The van der Waals surface area contributed by atoms with Crippen LogP contribution in [0.15, 0.2) is 114 Å². The van der Waals surface area contributed by atoms with Gasteiger partial charge in [-0.3, -0.25) is 13.9 Å². The van der Waals surface area contributed by atoms with Crippen LogP contribution in [0.1, 0.15) is 28.9 Å². The average molecular weight is 640 g/mol. The van der Waals surface area contributed by atoms with Crippen LogP contribution >= 0.6 is 22.6 Å². The van der Waals surface area contributed by atoms with E-state index < -0.39 is 22.5 Å². The largest absolute Gasteiger partial charge is 0.345 e. The maximum atomic E-state index is 13.5. The fourth-order valence-electron chi connectivity index (χ4n) is 3.85. The molecule has 0 aliphatic rings. The smallest absolute Gasteiger partial charge is 0.264 e. The predicted molar refractivity (Wildman–Crippen MR) is 158 cm³/mol. The Morgan fingerprint density at radius 2 is 1.39 bits per heavy atom. The van der Waals surface area contributed by atoms with Crippen molar-refractivity contribution in [3.8, 4) is 0 Å². The summed E-state index contributed by atoms with van der Waals surface area (Å²) in [4.78, 5) is 26.4. The lowest BCUT2D eigenvalue weighted by atomic mass is 10.1. The highest BCUT2D eigenvalue weighted by Gasteiger charge is 2.27. The van der Waals surface area contributed by atoms with Crippen molar-refractivity contribution in [3.05, 3.63) is 124 Å². The Bertz CT molecular complexity index is 1510. The normalized spacial score (nSPS) is 11.8. The van der Waals surface area contributed by atoms with Crippen LogP contribution in [0.5, 0.6) is 0 Å². The highest BCUT2D eigenvalue weighted by atomic mass is 127. The number of rotatable bonds is 9. The first-order valence-corrected chi connectivity index (χ1v) is 14.4. The van der Waals surface area contributed by atoms with Gasteiger partial charge in [0.05, 0.1) is 27.9 Å². The molecular formula is C29H26IN3O4S. The van der Waals surface area contributed by atoms with Crippen LogP contribution in [0.4, 0.5) is 11.4 Å². The van der Waals surface area contributed by atoms with E-state index in [1.54, 1.807) is 66.7 Å². The Morgan fingerprint density at radius 3 is 2.05 bits per heavy atom. The van der Waals surface area contributed by atoms with Gasteiger partial charge in [0.25, 0.3) is 15.9 Å². The highest BCUT2D eigenvalue weighted by Crippen LogP contribution is 2.25. The number of hydrogen-bond acceptors (Lipinski definition) is 4. The molecule has 0 unspecified atom stereocenters. The Morgan fingerprint density at radius 1 is 0.816 bits per heavy atom. The molecule has 0 fully saturated rings. The molecule has 0 saturated heterocycles. The van der Waals surface area contributed by atoms with E-state index in [0.29, 0.717) is 5.69 Å². The lowest BCUT2D eigenvalue weighted by molar-refractivity contribution is -0.114. The summed E-state index contributed by atoms with van der Waals surface area (Å²) in [5, 5.41) is 5.68. The summed E-state index contributed by atoms with van der Waals surface area (Å²) in [6.07, 6.45) is 0. The van der Waals surface area contributed by atoms with E-state index >= 15 is 0 Å². The van der Waals surface area contributed by atoms with Crippen molar-refractivity contribution in [2.45, 2.75) is 17.9 Å². The number of hydrogen-bond donors (Lipinski definition) is 2. The first-order chi connectivity index (χ1) is 18.3. The number of carbonyl (C=O) groups is 2. The quantitative estimate of drug-likeness (QED) is 0.233. The standard InChI is InChI=1S/C29H26IN3O4S/c1-21(22-10-4-2-5-11-22)31-29(35)26-14-8-9-15-27(26)32-28(34)20-33(24-18-16-23(30)17-19-24)38(36,37)25-12-6-3-7-13-25/h2-19,21H,20H2,1H3,(H,31,35)(H,32,34)/t21-/m1/s1. The van der Waals surface area contributed by atoms with E-state index in [9.17, 15) is 18.0 Å². The van der Waals surface area contributed by atoms with Crippen LogP contribution in [0.2, 0.25) is 0 Å². The SMILES string of the molecule is C[C@@H](NC(=O)c1ccccc1NC(=O)CN(c1ccc(I)cc1)S(=O)(=O)c1ccccc1)c1ccccc1. The molecule has 2 amide bonds. The van der Waals surface area contributed by atoms with E-state index in [-0.39, 0.29) is 28.1 Å². The van der Waals surface area contributed by atoms with Gasteiger partial charge in [0, 0.05) is 3.57 Å². The summed E-state index contributed by atoms with van der Waals surface area (Å²) in [5.41, 5.74) is 1.86. The minimum Gasteiger partial charge on any atom is -0.345 e. The van der Waals surface area contributed by atoms with E-state index in [4.69, 9.17) is 0 Å². The van der Waals surface area contributed by atoms with Gasteiger partial charge in [0.1, 0.15) is 6.54 Å². The summed E-state index contributed by atoms with van der Waals surface area (Å²) in [5.74, 6) is -0.942. The van der Waals surface area contributed by atoms with E-state index in [2.05, 4.69) is 33.2 Å². The third-order valence-electron chi connectivity index (χ3n) is 5.83. The molecule has 0 radical (unpaired) electrons. The Hall–Kier alpha value is -3.70. The highest BCUT2D eigenvalue weighted by molar-refractivity contribution is 14.1. The van der Waals surface area contributed by atoms with Crippen molar-refractivity contribution >= 4 is 55.8 Å². The number of anilines is 2. The zero-order valence-electron chi connectivity index (χ0n) is 20.5. The molecule has 0 aliphatic heterocycles. The Kier molecular flexibility index (Phi) is 8.80. The van der Waals surface area contributed by atoms with Crippen LogP contribution in [-0.2, 0) is 14.8 Å².